The number of ether oxygens (including phenoxy) is 1. The van der Waals surface area contributed by atoms with Gasteiger partial charge in [0.25, 0.3) is 0 Å². The highest BCUT2D eigenvalue weighted by Gasteiger charge is 2.12. The van der Waals surface area contributed by atoms with Gasteiger partial charge in [0.2, 0.25) is 5.95 Å². The molecule has 3 N–H and O–H groups in total. The molecule has 0 radical (unpaired) electrons. The maximum atomic E-state index is 11.7. The number of para-hydroxylation sites is 1. The Bertz CT molecular complexity index is 643. The van der Waals surface area contributed by atoms with Gasteiger partial charge in [-0.15, -0.1) is 0 Å². The number of nitrogen functional groups attached to an aromatic ring is 1. The second-order valence-corrected chi connectivity index (χ2v) is 4.47. The number of anilines is 2. The molecule has 1 heterocycles. The largest absolute Gasteiger partial charge is 0.462 e. The van der Waals surface area contributed by atoms with Crippen molar-refractivity contribution in [3.05, 3.63) is 47.3 Å². The van der Waals surface area contributed by atoms with Gasteiger partial charge >= 0.3 is 5.97 Å². The molecule has 110 valence electrons. The summed E-state index contributed by atoms with van der Waals surface area (Å²) < 4.78 is 4.94. The highest BCUT2D eigenvalue weighted by molar-refractivity contribution is 5.90. The molecule has 0 fully saturated rings. The Morgan fingerprint density at radius 3 is 2.81 bits per heavy atom. The molecular weight excluding hydrogens is 268 g/mol. The minimum absolute atomic E-state index is 0.325. The third kappa shape index (κ3) is 3.68. The molecular formula is C15H18N4O2. The average Bonchev–Trinajstić information content (AvgIpc) is 2.46. The van der Waals surface area contributed by atoms with E-state index in [0.717, 1.165) is 5.56 Å². The number of hydrogen-bond donors (Lipinski definition) is 2. The molecule has 6 nitrogen and oxygen atoms in total. The standard InChI is InChI=1S/C15H18N4O2/c1-3-21-14(20)12-9-18-15(19-10(12)2)17-8-11-6-4-5-7-13(11)16/h4-7,9H,3,8,16H2,1-2H3,(H,17,18,19). The summed E-state index contributed by atoms with van der Waals surface area (Å²) in [7, 11) is 0. The summed E-state index contributed by atoms with van der Waals surface area (Å²) >= 11 is 0. The van der Waals surface area contributed by atoms with Gasteiger partial charge < -0.3 is 15.8 Å². The number of rotatable bonds is 5. The number of nitrogens with one attached hydrogen (secondary N) is 1. The van der Waals surface area contributed by atoms with Gasteiger partial charge in [0.15, 0.2) is 0 Å². The van der Waals surface area contributed by atoms with Crippen molar-refractivity contribution < 1.29 is 9.53 Å². The third-order valence-electron chi connectivity index (χ3n) is 2.97. The summed E-state index contributed by atoms with van der Waals surface area (Å²) in [6.45, 7) is 4.35. The van der Waals surface area contributed by atoms with Gasteiger partial charge in [-0.3, -0.25) is 0 Å². The predicted octanol–water partition coefficient (Wildman–Crippen LogP) is 2.16. The summed E-state index contributed by atoms with van der Waals surface area (Å²) in [6, 6.07) is 7.58. The Kier molecular flexibility index (Phi) is 4.71. The highest BCUT2D eigenvalue weighted by Crippen LogP contribution is 2.13. The molecule has 0 bridgehead atoms. The van der Waals surface area contributed by atoms with Crippen LogP contribution in [0.25, 0.3) is 0 Å². The van der Waals surface area contributed by atoms with E-state index in [4.69, 9.17) is 10.5 Å². The van der Waals surface area contributed by atoms with Crippen molar-refractivity contribution in [2.75, 3.05) is 17.7 Å². The van der Waals surface area contributed by atoms with Gasteiger partial charge in [0.05, 0.1) is 17.9 Å². The van der Waals surface area contributed by atoms with Crippen molar-refractivity contribution in [1.29, 1.82) is 0 Å². The molecule has 1 aromatic heterocycles. The Hall–Kier alpha value is -2.63. The summed E-state index contributed by atoms with van der Waals surface area (Å²) in [5.41, 5.74) is 8.50. The lowest BCUT2D eigenvalue weighted by molar-refractivity contribution is 0.0524. The van der Waals surface area contributed by atoms with E-state index in [0.29, 0.717) is 36.0 Å². The monoisotopic (exact) mass is 286 g/mol. The first kappa shape index (κ1) is 14.8. The molecule has 1 aromatic carbocycles. The molecule has 0 saturated heterocycles. The number of nitrogens with zero attached hydrogens (tertiary/aromatic N) is 2. The lowest BCUT2D eigenvalue weighted by atomic mass is 10.2. The Morgan fingerprint density at radius 1 is 1.38 bits per heavy atom. The summed E-state index contributed by atoms with van der Waals surface area (Å²) in [6.07, 6.45) is 1.47. The fourth-order valence-electron chi connectivity index (χ4n) is 1.83. The van der Waals surface area contributed by atoms with E-state index in [1.165, 1.54) is 6.20 Å². The van der Waals surface area contributed by atoms with Crippen molar-refractivity contribution >= 4 is 17.6 Å². The third-order valence-corrected chi connectivity index (χ3v) is 2.97. The molecule has 0 amide bonds. The zero-order chi connectivity index (χ0) is 15.2. The first-order chi connectivity index (χ1) is 10.1. The van der Waals surface area contributed by atoms with E-state index in [-0.39, 0.29) is 0 Å². The lowest BCUT2D eigenvalue weighted by Gasteiger charge is -2.09. The van der Waals surface area contributed by atoms with Crippen LogP contribution in [0.5, 0.6) is 0 Å². The Balaban J connectivity index is 2.07. The van der Waals surface area contributed by atoms with E-state index >= 15 is 0 Å². The van der Waals surface area contributed by atoms with Crippen molar-refractivity contribution in [1.82, 2.24) is 9.97 Å². The zero-order valence-corrected chi connectivity index (χ0v) is 12.1. The quantitative estimate of drug-likeness (QED) is 0.646. The summed E-state index contributed by atoms with van der Waals surface area (Å²) in [4.78, 5) is 20.0. The normalized spacial score (nSPS) is 10.2. The van der Waals surface area contributed by atoms with E-state index in [1.807, 2.05) is 24.3 Å². The minimum atomic E-state index is -0.408. The topological polar surface area (TPSA) is 90.1 Å². The Morgan fingerprint density at radius 2 is 2.14 bits per heavy atom. The van der Waals surface area contributed by atoms with Crippen LogP contribution < -0.4 is 11.1 Å². The minimum Gasteiger partial charge on any atom is -0.462 e. The maximum absolute atomic E-state index is 11.7. The van der Waals surface area contributed by atoms with Gasteiger partial charge in [0.1, 0.15) is 0 Å². The molecule has 0 atom stereocenters. The lowest BCUT2D eigenvalue weighted by Crippen LogP contribution is -2.11. The molecule has 2 rings (SSSR count). The molecule has 21 heavy (non-hydrogen) atoms. The molecule has 0 aliphatic heterocycles. The summed E-state index contributed by atoms with van der Waals surface area (Å²) in [5.74, 6) is 0.0395. The molecule has 6 heteroatoms. The number of esters is 1. The fraction of sp³-hybridized carbons (Fsp3) is 0.267. The van der Waals surface area contributed by atoms with Crippen LogP contribution in [0, 0.1) is 6.92 Å². The van der Waals surface area contributed by atoms with Crippen molar-refractivity contribution in [2.45, 2.75) is 20.4 Å². The van der Waals surface area contributed by atoms with Crippen molar-refractivity contribution in [3.8, 4) is 0 Å². The molecule has 0 aliphatic rings. The first-order valence-electron chi connectivity index (χ1n) is 6.69. The van der Waals surface area contributed by atoms with E-state index in [9.17, 15) is 4.79 Å². The van der Waals surface area contributed by atoms with Gasteiger partial charge in [-0.1, -0.05) is 18.2 Å². The summed E-state index contributed by atoms with van der Waals surface area (Å²) in [5, 5.41) is 3.09. The Labute approximate surface area is 123 Å². The molecule has 0 saturated carbocycles. The number of carbonyl (C=O) groups excluding carboxylic acids is 1. The van der Waals surface area contributed by atoms with Crippen LogP contribution in [-0.2, 0) is 11.3 Å². The SMILES string of the molecule is CCOC(=O)c1cnc(NCc2ccccc2N)nc1C. The van der Waals surface area contributed by atoms with Gasteiger partial charge in [0, 0.05) is 18.4 Å². The second-order valence-electron chi connectivity index (χ2n) is 4.47. The van der Waals surface area contributed by atoms with Crippen LogP contribution >= 0.6 is 0 Å². The van der Waals surface area contributed by atoms with E-state index in [1.54, 1.807) is 13.8 Å². The average molecular weight is 286 g/mol. The highest BCUT2D eigenvalue weighted by atomic mass is 16.5. The first-order valence-corrected chi connectivity index (χ1v) is 6.69. The van der Waals surface area contributed by atoms with Crippen LogP contribution in [0.1, 0.15) is 28.5 Å². The second kappa shape index (κ2) is 6.69. The van der Waals surface area contributed by atoms with Crippen molar-refractivity contribution in [2.24, 2.45) is 0 Å². The van der Waals surface area contributed by atoms with Crippen LogP contribution in [0.3, 0.4) is 0 Å². The molecule has 0 aliphatic carbocycles. The fourth-order valence-corrected chi connectivity index (χ4v) is 1.83. The number of benzene rings is 1. The maximum Gasteiger partial charge on any atom is 0.341 e. The van der Waals surface area contributed by atoms with E-state index in [2.05, 4.69) is 15.3 Å². The van der Waals surface area contributed by atoms with Crippen LogP contribution in [0.4, 0.5) is 11.6 Å². The van der Waals surface area contributed by atoms with Crippen LogP contribution in [0.15, 0.2) is 30.5 Å². The number of aromatic nitrogens is 2. The van der Waals surface area contributed by atoms with Gasteiger partial charge in [-0.25, -0.2) is 14.8 Å². The number of aryl methyl sites for hydroxylation is 1. The number of hydrogen-bond acceptors (Lipinski definition) is 6. The van der Waals surface area contributed by atoms with Gasteiger partial charge in [-0.2, -0.15) is 0 Å². The molecule has 0 unspecified atom stereocenters. The van der Waals surface area contributed by atoms with Gasteiger partial charge in [-0.05, 0) is 25.5 Å². The number of nitrogens with two attached hydrogens (primary N) is 1. The predicted molar refractivity (Wildman–Crippen MR) is 80.9 cm³/mol. The van der Waals surface area contributed by atoms with Crippen LogP contribution in [-0.4, -0.2) is 22.5 Å². The smallest absolute Gasteiger partial charge is 0.341 e. The molecule has 0 spiro atoms. The van der Waals surface area contributed by atoms with Crippen molar-refractivity contribution in [3.63, 3.8) is 0 Å². The molecule has 2 aromatic rings. The van der Waals surface area contributed by atoms with Crippen LogP contribution in [0.2, 0.25) is 0 Å². The number of carbonyl (C=O) groups is 1. The zero-order valence-electron chi connectivity index (χ0n) is 12.1. The van der Waals surface area contributed by atoms with E-state index < -0.39 is 5.97 Å².